The van der Waals surface area contributed by atoms with Gasteiger partial charge in [0.05, 0.1) is 0 Å². The summed E-state index contributed by atoms with van der Waals surface area (Å²) >= 11 is 0. The van der Waals surface area contributed by atoms with Crippen molar-refractivity contribution in [1.82, 2.24) is 5.32 Å². The van der Waals surface area contributed by atoms with Crippen molar-refractivity contribution < 1.29 is 22.0 Å². The number of alkyl halides is 3. The molecule has 1 aromatic carbocycles. The molecule has 7 heteroatoms. The van der Waals surface area contributed by atoms with Crippen LogP contribution in [0.25, 0.3) is 0 Å². The van der Waals surface area contributed by atoms with Crippen molar-refractivity contribution in [2.75, 3.05) is 24.5 Å². The number of hydrogen-bond donors (Lipinski definition) is 1. The average Bonchev–Trinajstić information content (AvgIpc) is 2.33. The number of benzene rings is 1. The van der Waals surface area contributed by atoms with Crippen LogP contribution in [-0.2, 0) is 6.54 Å². The topological polar surface area (TPSA) is 15.3 Å². The minimum absolute atomic E-state index is 0.0695. The Kier molecular flexibility index (Phi) is 6.39. The molecule has 0 aliphatic carbocycles. The van der Waals surface area contributed by atoms with E-state index in [1.165, 1.54) is 0 Å². The normalized spacial score (nSPS) is 11.8. The Morgan fingerprint density at radius 1 is 1.10 bits per heavy atom. The van der Waals surface area contributed by atoms with Crippen LogP contribution in [0, 0.1) is 11.6 Å². The minimum atomic E-state index is -4.52. The second-order valence-corrected chi connectivity index (χ2v) is 4.73. The Balaban J connectivity index is 3.07. The lowest BCUT2D eigenvalue weighted by atomic mass is 10.1. The van der Waals surface area contributed by atoms with Gasteiger partial charge in [-0.05, 0) is 30.7 Å². The smallest absolute Gasteiger partial charge is 0.358 e. The Morgan fingerprint density at radius 2 is 1.67 bits per heavy atom. The van der Waals surface area contributed by atoms with Gasteiger partial charge in [-0.25, -0.2) is 8.78 Å². The Bertz CT molecular complexity index is 436. The van der Waals surface area contributed by atoms with E-state index in [0.29, 0.717) is 23.4 Å². The number of nitrogens with zero attached hydrogens (tertiary/aromatic N) is 1. The lowest BCUT2D eigenvalue weighted by Crippen LogP contribution is -2.36. The first-order valence-electron chi connectivity index (χ1n) is 6.78. The van der Waals surface area contributed by atoms with Crippen LogP contribution in [0.5, 0.6) is 0 Å². The van der Waals surface area contributed by atoms with Crippen LogP contribution in [0.15, 0.2) is 12.1 Å². The molecule has 0 saturated heterocycles. The molecule has 0 aliphatic rings. The number of hydrogen-bond acceptors (Lipinski definition) is 2. The van der Waals surface area contributed by atoms with Crippen molar-refractivity contribution in [1.29, 1.82) is 0 Å². The molecule has 0 aliphatic heterocycles. The van der Waals surface area contributed by atoms with Crippen molar-refractivity contribution in [3.63, 3.8) is 0 Å². The quantitative estimate of drug-likeness (QED) is 0.770. The molecule has 0 unspecified atom stereocenters. The third-order valence-electron chi connectivity index (χ3n) is 2.84. The van der Waals surface area contributed by atoms with Gasteiger partial charge in [0.25, 0.3) is 0 Å². The van der Waals surface area contributed by atoms with Crippen LogP contribution < -0.4 is 10.2 Å². The van der Waals surface area contributed by atoms with E-state index in [0.717, 1.165) is 12.1 Å². The lowest BCUT2D eigenvalue weighted by Gasteiger charge is -2.26. The summed E-state index contributed by atoms with van der Waals surface area (Å²) in [4.78, 5) is 0.696. The highest BCUT2D eigenvalue weighted by atomic mass is 19.4. The number of nitrogens with one attached hydrogen (secondary N) is 1. The molecule has 1 N–H and O–H groups in total. The van der Waals surface area contributed by atoms with E-state index < -0.39 is 30.0 Å². The number of halogens is 5. The summed E-state index contributed by atoms with van der Waals surface area (Å²) in [6.45, 7) is 2.94. The van der Waals surface area contributed by atoms with E-state index in [1.54, 1.807) is 6.92 Å². The fourth-order valence-corrected chi connectivity index (χ4v) is 2.05. The van der Waals surface area contributed by atoms with Crippen molar-refractivity contribution in [3.05, 3.63) is 29.3 Å². The summed E-state index contributed by atoms with van der Waals surface area (Å²) in [5, 5.41) is 2.90. The van der Waals surface area contributed by atoms with Gasteiger partial charge in [-0.1, -0.05) is 13.8 Å². The van der Waals surface area contributed by atoms with Crippen molar-refractivity contribution in [2.45, 2.75) is 33.0 Å². The molecule has 0 atom stereocenters. The van der Waals surface area contributed by atoms with Gasteiger partial charge in [0.1, 0.15) is 23.9 Å². The van der Waals surface area contributed by atoms with Crippen LogP contribution in [0.4, 0.5) is 27.6 Å². The third-order valence-corrected chi connectivity index (χ3v) is 2.84. The second-order valence-electron chi connectivity index (χ2n) is 4.73. The standard InChI is InChI=1S/C14H19F5N2/c1-3-5-21(9-14(17,18)19)13-11(15)6-10(7-12(13)16)8-20-4-2/h6-7,20H,3-5,8-9H2,1-2H3. The van der Waals surface area contributed by atoms with Crippen molar-refractivity contribution in [2.24, 2.45) is 0 Å². The number of rotatable bonds is 7. The zero-order valence-electron chi connectivity index (χ0n) is 12.0. The van der Waals surface area contributed by atoms with E-state index in [4.69, 9.17) is 0 Å². The van der Waals surface area contributed by atoms with Crippen LogP contribution in [0.1, 0.15) is 25.8 Å². The molecule has 0 amide bonds. The zero-order valence-corrected chi connectivity index (χ0v) is 12.0. The molecule has 0 radical (unpaired) electrons. The van der Waals surface area contributed by atoms with Crippen molar-refractivity contribution in [3.8, 4) is 0 Å². The maximum atomic E-state index is 14.0. The predicted molar refractivity (Wildman–Crippen MR) is 72.3 cm³/mol. The molecule has 0 aromatic heterocycles. The summed E-state index contributed by atoms with van der Waals surface area (Å²) in [6, 6.07) is 2.14. The molecular weight excluding hydrogens is 291 g/mol. The lowest BCUT2D eigenvalue weighted by molar-refractivity contribution is -0.119. The summed E-state index contributed by atoms with van der Waals surface area (Å²) < 4.78 is 65.6. The van der Waals surface area contributed by atoms with Crippen LogP contribution in [-0.4, -0.2) is 25.8 Å². The maximum absolute atomic E-state index is 14.0. The van der Waals surface area contributed by atoms with Crippen LogP contribution in [0.3, 0.4) is 0 Å². The molecule has 0 saturated carbocycles. The molecule has 1 aromatic rings. The molecule has 0 spiro atoms. The molecule has 0 bridgehead atoms. The first-order chi connectivity index (χ1) is 9.78. The highest BCUT2D eigenvalue weighted by Crippen LogP contribution is 2.28. The summed E-state index contributed by atoms with van der Waals surface area (Å²) in [6.07, 6.45) is -4.16. The fraction of sp³-hybridized carbons (Fsp3) is 0.571. The SMILES string of the molecule is CCCN(CC(F)(F)F)c1c(F)cc(CNCC)cc1F. The third kappa shape index (κ3) is 5.49. The Morgan fingerprint density at radius 3 is 2.10 bits per heavy atom. The highest BCUT2D eigenvalue weighted by molar-refractivity contribution is 5.51. The predicted octanol–water partition coefficient (Wildman–Crippen LogP) is 3.85. The summed E-state index contributed by atoms with van der Waals surface area (Å²) in [5.74, 6) is -1.94. The van der Waals surface area contributed by atoms with Crippen molar-refractivity contribution >= 4 is 5.69 Å². The van der Waals surface area contributed by atoms with E-state index >= 15 is 0 Å². The van der Waals surface area contributed by atoms with Gasteiger partial charge in [-0.15, -0.1) is 0 Å². The molecule has 0 heterocycles. The van der Waals surface area contributed by atoms with E-state index in [-0.39, 0.29) is 13.1 Å². The van der Waals surface area contributed by atoms with E-state index in [1.807, 2.05) is 6.92 Å². The van der Waals surface area contributed by atoms with Crippen LogP contribution in [0.2, 0.25) is 0 Å². The Hall–Kier alpha value is -1.37. The average molecular weight is 310 g/mol. The first-order valence-corrected chi connectivity index (χ1v) is 6.78. The van der Waals surface area contributed by atoms with E-state index in [9.17, 15) is 22.0 Å². The van der Waals surface area contributed by atoms with Gasteiger partial charge in [-0.3, -0.25) is 0 Å². The zero-order chi connectivity index (χ0) is 16.0. The second kappa shape index (κ2) is 7.59. The van der Waals surface area contributed by atoms with Gasteiger partial charge < -0.3 is 10.2 Å². The van der Waals surface area contributed by atoms with E-state index in [2.05, 4.69) is 5.32 Å². The minimum Gasteiger partial charge on any atom is -0.358 e. The summed E-state index contributed by atoms with van der Waals surface area (Å²) in [5.41, 5.74) is -0.256. The summed E-state index contributed by atoms with van der Waals surface area (Å²) in [7, 11) is 0. The molecular formula is C14H19F5N2. The monoisotopic (exact) mass is 310 g/mol. The number of anilines is 1. The van der Waals surface area contributed by atoms with Gasteiger partial charge in [0.2, 0.25) is 0 Å². The molecule has 0 fully saturated rings. The van der Waals surface area contributed by atoms with Gasteiger partial charge in [0, 0.05) is 13.1 Å². The van der Waals surface area contributed by atoms with Gasteiger partial charge in [-0.2, -0.15) is 13.2 Å². The molecule has 2 nitrogen and oxygen atoms in total. The molecule has 1 rings (SSSR count). The largest absolute Gasteiger partial charge is 0.405 e. The molecule has 21 heavy (non-hydrogen) atoms. The fourth-order valence-electron chi connectivity index (χ4n) is 2.05. The van der Waals surface area contributed by atoms with Gasteiger partial charge in [0.15, 0.2) is 0 Å². The van der Waals surface area contributed by atoms with Crippen LogP contribution >= 0.6 is 0 Å². The maximum Gasteiger partial charge on any atom is 0.405 e. The van der Waals surface area contributed by atoms with Gasteiger partial charge >= 0.3 is 6.18 Å². The molecule has 120 valence electrons. The first kappa shape index (κ1) is 17.7. The highest BCUT2D eigenvalue weighted by Gasteiger charge is 2.32. The Labute approximate surface area is 120 Å².